The van der Waals surface area contributed by atoms with Crippen molar-refractivity contribution < 1.29 is 0 Å². The van der Waals surface area contributed by atoms with Gasteiger partial charge in [0.05, 0.1) is 0 Å². The summed E-state index contributed by atoms with van der Waals surface area (Å²) in [5.74, 6) is 1.84. The zero-order valence-corrected chi connectivity index (χ0v) is 37.5. The van der Waals surface area contributed by atoms with Crippen LogP contribution in [0.1, 0.15) is 79.0 Å². The Balaban J connectivity index is 4.59. The molecule has 0 unspecified atom stereocenters. The molecule has 1 aromatic rings. The maximum atomic E-state index is 2.75. The Bertz CT molecular complexity index is 912. The average Bonchev–Trinajstić information content (AvgIpc) is 2.53. The summed E-state index contributed by atoms with van der Waals surface area (Å²) in [5.41, 5.74) is 5.30. The molecule has 0 radical (unpaired) electrons. The fourth-order valence-corrected chi connectivity index (χ4v) is 116. The predicted octanol–water partition coefficient (Wildman–Crippen LogP) is 11.4. The molecule has 1 rings (SSSR count). The van der Waals surface area contributed by atoms with E-state index in [2.05, 4.69) is 153 Å². The van der Waals surface area contributed by atoms with Crippen molar-refractivity contribution in [3.05, 3.63) is 28.8 Å². The molecule has 1 aromatic carbocycles. The van der Waals surface area contributed by atoms with Crippen molar-refractivity contribution >= 4 is 62.1 Å². The molecule has 0 aromatic heterocycles. The Hall–Kier alpha value is 1.19. The molecule has 0 N–H and O–H groups in total. The Morgan fingerprint density at radius 1 is 0.500 bits per heavy atom. The van der Waals surface area contributed by atoms with Crippen LogP contribution in [0.3, 0.4) is 0 Å². The molecule has 220 valence electrons. The molecule has 38 heavy (non-hydrogen) atoms. The van der Waals surface area contributed by atoms with Gasteiger partial charge in [-0.05, 0) is 0 Å². The Kier molecular flexibility index (Phi) is 11.5. The molecule has 0 saturated heterocycles. The minimum absolute atomic E-state index is 0.152. The average molecular weight is 714 g/mol. The van der Waals surface area contributed by atoms with Gasteiger partial charge in [-0.2, -0.15) is 0 Å². The van der Waals surface area contributed by atoms with Crippen LogP contribution < -0.4 is 5.30 Å². The van der Waals surface area contributed by atoms with Gasteiger partial charge in [-0.3, -0.25) is 0 Å². The number of hydrogen-bond donors (Lipinski definition) is 0. The van der Waals surface area contributed by atoms with Crippen LogP contribution in [0, 0.1) is 0 Å². The first kappa shape index (κ1) is 37.2. The molecular weight excluding hydrogens is 646 g/mol. The van der Waals surface area contributed by atoms with E-state index in [4.69, 9.17) is 0 Å². The standard InChI is InChI=1S/C18H29P.2C7H19Si2.Sn/c1-16(2,3)12-10-13(17(4,5)6)15(19)14(11-12)18(7,8)9;2*1-8(2,3)7-9(4,5)6;/h10-11H,1-9H3;2*7H,1-6H3;. The van der Waals surface area contributed by atoms with Crippen molar-refractivity contribution in [1.29, 1.82) is 0 Å². The van der Waals surface area contributed by atoms with Gasteiger partial charge in [-0.25, -0.2) is 0 Å². The zero-order valence-electron chi connectivity index (χ0n) is 29.8. The number of benzene rings is 1. The van der Waals surface area contributed by atoms with Crippen molar-refractivity contribution in [3.63, 3.8) is 0 Å². The van der Waals surface area contributed by atoms with Gasteiger partial charge < -0.3 is 0 Å². The molecule has 0 amide bonds. The first-order valence-corrected chi connectivity index (χ1v) is 37.4. The third-order valence-electron chi connectivity index (χ3n) is 7.89. The van der Waals surface area contributed by atoms with E-state index in [1.165, 1.54) is 5.56 Å². The first-order chi connectivity index (χ1) is 16.3. The molecule has 0 aliphatic rings. The van der Waals surface area contributed by atoms with Crippen molar-refractivity contribution in [2.45, 2.75) is 163 Å². The Morgan fingerprint density at radius 2 is 0.763 bits per heavy atom. The topological polar surface area (TPSA) is 0 Å². The van der Waals surface area contributed by atoms with E-state index in [1.807, 2.05) is 5.77 Å². The van der Waals surface area contributed by atoms with E-state index in [-0.39, 0.29) is 16.2 Å². The normalized spacial score (nSPS) is 15.1. The molecule has 0 aliphatic heterocycles. The summed E-state index contributed by atoms with van der Waals surface area (Å²) < 4.78 is 2.20. The van der Waals surface area contributed by atoms with E-state index >= 15 is 0 Å². The van der Waals surface area contributed by atoms with Crippen molar-refractivity contribution in [2.75, 3.05) is 0 Å². The maximum absolute atomic E-state index is 2.75. The predicted molar refractivity (Wildman–Crippen MR) is 196 cm³/mol. The molecule has 0 saturated carbocycles. The zero-order chi connectivity index (χ0) is 30.7. The second-order valence-corrected chi connectivity index (χ2v) is 60.3. The third kappa shape index (κ3) is 9.61. The SMILES string of the molecule is CC(C)(C)c1cc(C(C)(C)C)c([P]=[Sn]([CH]([Si](C)(C)C)[Si](C)(C)C)[CH]([Si](C)(C)C)[Si](C)(C)C)c(C(C)(C)C)c1. The van der Waals surface area contributed by atoms with Gasteiger partial charge in [0.2, 0.25) is 0 Å². The van der Waals surface area contributed by atoms with Gasteiger partial charge in [0.15, 0.2) is 0 Å². The van der Waals surface area contributed by atoms with Crippen LogP contribution in [0.4, 0.5) is 0 Å². The van der Waals surface area contributed by atoms with E-state index in [1.54, 1.807) is 16.4 Å². The summed E-state index contributed by atoms with van der Waals surface area (Å²) in [6.45, 7) is 55.0. The quantitative estimate of drug-likeness (QED) is 0.195. The van der Waals surface area contributed by atoms with Crippen molar-refractivity contribution in [3.8, 4) is 0 Å². The van der Waals surface area contributed by atoms with Gasteiger partial charge in [-0.1, -0.05) is 0 Å². The van der Waals surface area contributed by atoms with Crippen LogP contribution in [0.15, 0.2) is 12.1 Å². The van der Waals surface area contributed by atoms with Crippen LogP contribution in [0.25, 0.3) is 0 Å². The fourth-order valence-electron chi connectivity index (χ4n) is 7.13. The summed E-state index contributed by atoms with van der Waals surface area (Å²) in [4.78, 5) is 0. The van der Waals surface area contributed by atoms with E-state index < -0.39 is 51.0 Å². The summed E-state index contributed by atoms with van der Waals surface area (Å²) in [5, 5.41) is 1.77. The fraction of sp³-hybridized carbons (Fsp3) is 0.812. The Labute approximate surface area is 252 Å². The van der Waals surface area contributed by atoms with Crippen LogP contribution in [0.5, 0.6) is 0 Å². The number of rotatable bonds is 7. The van der Waals surface area contributed by atoms with E-state index in [9.17, 15) is 0 Å². The minimum atomic E-state index is -2.06. The summed E-state index contributed by atoms with van der Waals surface area (Å²) in [7, 11) is -5.36. The van der Waals surface area contributed by atoms with Gasteiger partial charge in [0.25, 0.3) is 0 Å². The van der Waals surface area contributed by atoms with Gasteiger partial charge >= 0.3 is 254 Å². The second kappa shape index (κ2) is 11.7. The summed E-state index contributed by atoms with van der Waals surface area (Å²) in [6, 6.07) is 5.29. The molecule has 0 heterocycles. The molecule has 6 heteroatoms. The molecule has 0 nitrogen and oxygen atoms in total. The number of hydrogen-bond acceptors (Lipinski definition) is 0. The third-order valence-corrected chi connectivity index (χ3v) is 81.7. The van der Waals surface area contributed by atoms with E-state index in [0.29, 0.717) is 0 Å². The van der Waals surface area contributed by atoms with Crippen molar-refractivity contribution in [1.82, 2.24) is 0 Å². The van der Waals surface area contributed by atoms with Gasteiger partial charge in [-0.15, -0.1) is 0 Å². The summed E-state index contributed by atoms with van der Waals surface area (Å²) >= 11 is -2.06. The van der Waals surface area contributed by atoms with Crippen LogP contribution >= 0.6 is 5.77 Å². The molecule has 0 aliphatic carbocycles. The van der Waals surface area contributed by atoms with Crippen molar-refractivity contribution in [2.24, 2.45) is 0 Å². The van der Waals surface area contributed by atoms with Crippen LogP contribution in [-0.4, -0.2) is 51.0 Å². The second-order valence-electron chi connectivity index (χ2n) is 19.5. The molecule has 0 spiro atoms. The van der Waals surface area contributed by atoms with Crippen LogP contribution in [0.2, 0.25) is 84.9 Å². The first-order valence-electron chi connectivity index (χ1n) is 15.1. The Morgan fingerprint density at radius 3 is 0.947 bits per heavy atom. The van der Waals surface area contributed by atoms with Gasteiger partial charge in [0, 0.05) is 0 Å². The molecule has 0 fully saturated rings. The monoisotopic (exact) mass is 714 g/mol. The van der Waals surface area contributed by atoms with Gasteiger partial charge in [0.1, 0.15) is 0 Å². The molecule has 0 atom stereocenters. The summed E-state index contributed by atoms with van der Waals surface area (Å²) in [6.07, 6.45) is 0. The molecular formula is C32H67PSi4Sn. The molecule has 0 bridgehead atoms. The van der Waals surface area contributed by atoms with E-state index in [0.717, 1.165) is 6.36 Å². The van der Waals surface area contributed by atoms with Crippen LogP contribution in [-0.2, 0) is 16.2 Å².